The highest BCUT2D eigenvalue weighted by Gasteiger charge is 2.04. The second kappa shape index (κ2) is 6.15. The van der Waals surface area contributed by atoms with Gasteiger partial charge in [0.25, 0.3) is 0 Å². The van der Waals surface area contributed by atoms with Crippen LogP contribution in [0.25, 0.3) is 0 Å². The quantitative estimate of drug-likeness (QED) is 0.863. The number of aliphatic hydroxyl groups excluding tert-OH is 1. The number of aryl methyl sites for hydroxylation is 1. The topological polar surface area (TPSA) is 67.3 Å². The van der Waals surface area contributed by atoms with Crippen LogP contribution >= 0.6 is 0 Å². The molecule has 100 valence electrons. The van der Waals surface area contributed by atoms with E-state index in [4.69, 9.17) is 9.84 Å². The SMILES string of the molecule is CCNc1nc(C)cc(Oc2ccc(CO)cc2)n1. The highest BCUT2D eigenvalue weighted by Crippen LogP contribution is 2.21. The van der Waals surface area contributed by atoms with Gasteiger partial charge in [-0.3, -0.25) is 0 Å². The average Bonchev–Trinajstić information content (AvgIpc) is 2.39. The molecule has 2 N–H and O–H groups in total. The molecule has 19 heavy (non-hydrogen) atoms. The van der Waals surface area contributed by atoms with Crippen molar-refractivity contribution in [2.24, 2.45) is 0 Å². The minimum atomic E-state index is 0.0253. The summed E-state index contributed by atoms with van der Waals surface area (Å²) >= 11 is 0. The van der Waals surface area contributed by atoms with Crippen LogP contribution in [0.2, 0.25) is 0 Å². The van der Waals surface area contributed by atoms with Gasteiger partial charge in [0.15, 0.2) is 0 Å². The average molecular weight is 259 g/mol. The van der Waals surface area contributed by atoms with Crippen molar-refractivity contribution in [2.75, 3.05) is 11.9 Å². The molecule has 5 nitrogen and oxygen atoms in total. The van der Waals surface area contributed by atoms with Gasteiger partial charge in [0.2, 0.25) is 11.8 Å². The number of hydrogen-bond acceptors (Lipinski definition) is 5. The molecule has 0 aliphatic rings. The van der Waals surface area contributed by atoms with Crippen molar-refractivity contribution < 1.29 is 9.84 Å². The molecule has 0 saturated carbocycles. The zero-order valence-corrected chi connectivity index (χ0v) is 11.1. The Hall–Kier alpha value is -2.14. The number of aromatic nitrogens is 2. The Labute approximate surface area is 112 Å². The van der Waals surface area contributed by atoms with Gasteiger partial charge in [-0.05, 0) is 31.5 Å². The van der Waals surface area contributed by atoms with Gasteiger partial charge in [-0.1, -0.05) is 12.1 Å². The van der Waals surface area contributed by atoms with Crippen LogP contribution in [0.15, 0.2) is 30.3 Å². The van der Waals surface area contributed by atoms with Crippen molar-refractivity contribution in [1.29, 1.82) is 0 Å². The summed E-state index contributed by atoms with van der Waals surface area (Å²) in [6.07, 6.45) is 0. The molecular formula is C14H17N3O2. The summed E-state index contributed by atoms with van der Waals surface area (Å²) < 4.78 is 5.67. The molecule has 0 radical (unpaired) electrons. The second-order valence-electron chi connectivity index (χ2n) is 4.11. The van der Waals surface area contributed by atoms with Crippen molar-refractivity contribution in [1.82, 2.24) is 9.97 Å². The van der Waals surface area contributed by atoms with Crippen LogP contribution in [0, 0.1) is 6.92 Å². The zero-order chi connectivity index (χ0) is 13.7. The van der Waals surface area contributed by atoms with Gasteiger partial charge in [-0.15, -0.1) is 0 Å². The number of nitrogens with one attached hydrogen (secondary N) is 1. The van der Waals surface area contributed by atoms with E-state index in [0.29, 0.717) is 17.6 Å². The van der Waals surface area contributed by atoms with Crippen molar-refractivity contribution in [3.05, 3.63) is 41.6 Å². The van der Waals surface area contributed by atoms with Crippen LogP contribution in [0.3, 0.4) is 0 Å². The van der Waals surface area contributed by atoms with Gasteiger partial charge < -0.3 is 15.2 Å². The van der Waals surface area contributed by atoms with E-state index in [1.807, 2.05) is 26.0 Å². The summed E-state index contributed by atoms with van der Waals surface area (Å²) in [7, 11) is 0. The first kappa shape index (κ1) is 13.3. The third kappa shape index (κ3) is 3.66. The smallest absolute Gasteiger partial charge is 0.226 e. The van der Waals surface area contributed by atoms with Gasteiger partial charge in [-0.25, -0.2) is 4.98 Å². The van der Waals surface area contributed by atoms with E-state index in [1.165, 1.54) is 0 Å². The standard InChI is InChI=1S/C14H17N3O2/c1-3-15-14-16-10(2)8-13(17-14)19-12-6-4-11(9-18)5-7-12/h4-8,18H,3,9H2,1-2H3,(H,15,16,17). The van der Waals surface area contributed by atoms with Crippen LogP contribution in [0.5, 0.6) is 11.6 Å². The number of aliphatic hydroxyl groups is 1. The van der Waals surface area contributed by atoms with E-state index in [2.05, 4.69) is 15.3 Å². The lowest BCUT2D eigenvalue weighted by Gasteiger charge is -2.08. The fourth-order valence-electron chi connectivity index (χ4n) is 1.61. The molecule has 0 bridgehead atoms. The van der Waals surface area contributed by atoms with Crippen molar-refractivity contribution in [3.8, 4) is 11.6 Å². The van der Waals surface area contributed by atoms with Crippen LogP contribution in [0.1, 0.15) is 18.2 Å². The molecule has 0 saturated heterocycles. The maximum Gasteiger partial charge on any atom is 0.226 e. The first-order valence-electron chi connectivity index (χ1n) is 6.18. The molecule has 0 spiro atoms. The van der Waals surface area contributed by atoms with E-state index in [1.54, 1.807) is 18.2 Å². The molecule has 0 aliphatic heterocycles. The third-order valence-corrected chi connectivity index (χ3v) is 2.49. The summed E-state index contributed by atoms with van der Waals surface area (Å²) in [5.41, 5.74) is 1.69. The van der Waals surface area contributed by atoms with E-state index >= 15 is 0 Å². The number of benzene rings is 1. The van der Waals surface area contributed by atoms with E-state index in [0.717, 1.165) is 17.8 Å². The Kier molecular flexibility index (Phi) is 4.30. The Morgan fingerprint density at radius 1 is 1.21 bits per heavy atom. The summed E-state index contributed by atoms with van der Waals surface area (Å²) in [6.45, 7) is 4.66. The number of rotatable bonds is 5. The molecule has 1 aromatic heterocycles. The lowest BCUT2D eigenvalue weighted by atomic mass is 10.2. The molecule has 0 atom stereocenters. The number of ether oxygens (including phenoxy) is 1. The fourth-order valence-corrected chi connectivity index (χ4v) is 1.61. The lowest BCUT2D eigenvalue weighted by Crippen LogP contribution is -2.03. The molecule has 1 heterocycles. The first-order valence-corrected chi connectivity index (χ1v) is 6.18. The van der Waals surface area contributed by atoms with E-state index in [-0.39, 0.29) is 6.61 Å². The first-order chi connectivity index (χ1) is 9.21. The second-order valence-corrected chi connectivity index (χ2v) is 4.11. The molecule has 5 heteroatoms. The normalized spacial score (nSPS) is 10.3. The summed E-state index contributed by atoms with van der Waals surface area (Å²) in [4.78, 5) is 8.52. The summed E-state index contributed by atoms with van der Waals surface area (Å²) in [5, 5.41) is 12.0. The molecule has 2 rings (SSSR count). The molecule has 1 aromatic carbocycles. The van der Waals surface area contributed by atoms with Crippen molar-refractivity contribution >= 4 is 5.95 Å². The Morgan fingerprint density at radius 2 is 1.95 bits per heavy atom. The van der Waals surface area contributed by atoms with E-state index < -0.39 is 0 Å². The maximum absolute atomic E-state index is 8.98. The monoisotopic (exact) mass is 259 g/mol. The van der Waals surface area contributed by atoms with Gasteiger partial charge in [0.05, 0.1) is 6.61 Å². The van der Waals surface area contributed by atoms with Crippen molar-refractivity contribution in [3.63, 3.8) is 0 Å². The molecule has 0 unspecified atom stereocenters. The Bertz CT molecular complexity index is 541. The number of anilines is 1. The van der Waals surface area contributed by atoms with Crippen LogP contribution in [-0.2, 0) is 6.61 Å². The largest absolute Gasteiger partial charge is 0.439 e. The minimum absolute atomic E-state index is 0.0253. The predicted molar refractivity (Wildman–Crippen MR) is 73.4 cm³/mol. The molecule has 0 amide bonds. The van der Waals surface area contributed by atoms with Gasteiger partial charge >= 0.3 is 0 Å². The van der Waals surface area contributed by atoms with E-state index in [9.17, 15) is 0 Å². The van der Waals surface area contributed by atoms with Crippen LogP contribution < -0.4 is 10.1 Å². The molecular weight excluding hydrogens is 242 g/mol. The van der Waals surface area contributed by atoms with Gasteiger partial charge in [-0.2, -0.15) is 4.98 Å². The summed E-state index contributed by atoms with van der Waals surface area (Å²) in [5.74, 6) is 1.74. The Morgan fingerprint density at radius 3 is 2.58 bits per heavy atom. The minimum Gasteiger partial charge on any atom is -0.439 e. The molecule has 2 aromatic rings. The highest BCUT2D eigenvalue weighted by molar-refractivity contribution is 5.34. The van der Waals surface area contributed by atoms with Gasteiger partial charge in [0.1, 0.15) is 5.75 Å². The van der Waals surface area contributed by atoms with Crippen LogP contribution in [0.4, 0.5) is 5.95 Å². The zero-order valence-electron chi connectivity index (χ0n) is 11.1. The van der Waals surface area contributed by atoms with Gasteiger partial charge in [0, 0.05) is 18.3 Å². The van der Waals surface area contributed by atoms with Crippen LogP contribution in [-0.4, -0.2) is 21.6 Å². The molecule has 0 aliphatic carbocycles. The predicted octanol–water partition coefficient (Wildman–Crippen LogP) is 2.50. The number of hydrogen-bond donors (Lipinski definition) is 2. The Balaban J connectivity index is 2.17. The van der Waals surface area contributed by atoms with Crippen molar-refractivity contribution in [2.45, 2.75) is 20.5 Å². The summed E-state index contributed by atoms with van der Waals surface area (Å²) in [6, 6.07) is 9.01. The third-order valence-electron chi connectivity index (χ3n) is 2.49. The fraction of sp³-hybridized carbons (Fsp3) is 0.286. The number of nitrogens with zero attached hydrogens (tertiary/aromatic N) is 2. The molecule has 0 fully saturated rings. The maximum atomic E-state index is 8.98. The highest BCUT2D eigenvalue weighted by atomic mass is 16.5. The lowest BCUT2D eigenvalue weighted by molar-refractivity contribution is 0.281.